The average Bonchev–Trinajstić information content (AvgIpc) is 2.41. The largest absolute Gasteiger partial charge is 0.493 e. The molecule has 2 aromatic rings. The molecule has 0 fully saturated rings. The van der Waals surface area contributed by atoms with Crippen molar-refractivity contribution in [2.45, 2.75) is 19.8 Å². The van der Waals surface area contributed by atoms with E-state index in [1.165, 1.54) is 11.1 Å². The molecule has 0 aliphatic heterocycles. The van der Waals surface area contributed by atoms with Gasteiger partial charge in [0.2, 0.25) is 0 Å². The van der Waals surface area contributed by atoms with Crippen molar-refractivity contribution in [3.63, 3.8) is 0 Å². The van der Waals surface area contributed by atoms with Crippen LogP contribution in [-0.2, 0) is 12.8 Å². The van der Waals surface area contributed by atoms with Crippen LogP contribution in [0, 0.1) is 6.42 Å². The summed E-state index contributed by atoms with van der Waals surface area (Å²) in [6.45, 7) is 2.80. The molecular weight excluding hydrogens is 220 g/mol. The van der Waals surface area contributed by atoms with Gasteiger partial charge in [-0.1, -0.05) is 49.4 Å². The summed E-state index contributed by atoms with van der Waals surface area (Å²) < 4.78 is 5.78. The highest BCUT2D eigenvalue weighted by atomic mass is 16.5. The van der Waals surface area contributed by atoms with Crippen LogP contribution in [0.3, 0.4) is 0 Å². The minimum Gasteiger partial charge on any atom is -0.493 e. The van der Waals surface area contributed by atoms with Crippen LogP contribution in [0.1, 0.15) is 18.1 Å². The predicted molar refractivity (Wildman–Crippen MR) is 75.8 cm³/mol. The molecule has 1 heteroatoms. The summed E-state index contributed by atoms with van der Waals surface area (Å²) in [7, 11) is 0. The summed E-state index contributed by atoms with van der Waals surface area (Å²) in [6.07, 6.45) is 4.10. The van der Waals surface area contributed by atoms with Gasteiger partial charge in [-0.05, 0) is 36.1 Å². The minimum atomic E-state index is 0.726. The number of rotatable bonds is 6. The van der Waals surface area contributed by atoms with E-state index in [-0.39, 0.29) is 0 Å². The molecule has 0 unspecified atom stereocenters. The van der Waals surface area contributed by atoms with Gasteiger partial charge in [-0.15, -0.1) is 0 Å². The van der Waals surface area contributed by atoms with Crippen molar-refractivity contribution in [1.29, 1.82) is 0 Å². The molecule has 18 heavy (non-hydrogen) atoms. The number of ether oxygens (including phenoxy) is 1. The normalized spacial score (nSPS) is 10.3. The third kappa shape index (κ3) is 3.92. The van der Waals surface area contributed by atoms with Gasteiger partial charge >= 0.3 is 0 Å². The quantitative estimate of drug-likeness (QED) is 0.738. The minimum absolute atomic E-state index is 0.726. The zero-order chi connectivity index (χ0) is 12.6. The van der Waals surface area contributed by atoms with E-state index < -0.39 is 0 Å². The van der Waals surface area contributed by atoms with Crippen LogP contribution in [0.2, 0.25) is 0 Å². The Balaban J connectivity index is 1.84. The van der Waals surface area contributed by atoms with Crippen molar-refractivity contribution in [3.8, 4) is 5.75 Å². The average molecular weight is 239 g/mol. The van der Waals surface area contributed by atoms with Crippen molar-refractivity contribution in [3.05, 3.63) is 72.1 Å². The summed E-state index contributed by atoms with van der Waals surface area (Å²) in [5, 5.41) is 0. The van der Waals surface area contributed by atoms with Crippen molar-refractivity contribution in [1.82, 2.24) is 0 Å². The Morgan fingerprint density at radius 3 is 2.50 bits per heavy atom. The molecule has 0 N–H and O–H groups in total. The lowest BCUT2D eigenvalue weighted by Gasteiger charge is -2.07. The maximum atomic E-state index is 5.78. The molecular formula is C17H19O. The van der Waals surface area contributed by atoms with Gasteiger partial charge < -0.3 is 4.74 Å². The lowest BCUT2D eigenvalue weighted by molar-refractivity contribution is 0.321. The fourth-order valence-electron chi connectivity index (χ4n) is 1.93. The van der Waals surface area contributed by atoms with E-state index in [9.17, 15) is 0 Å². The molecule has 0 amide bonds. The van der Waals surface area contributed by atoms with Crippen LogP contribution in [0.4, 0.5) is 0 Å². The van der Waals surface area contributed by atoms with Crippen LogP contribution in [-0.4, -0.2) is 6.61 Å². The molecule has 0 spiro atoms. The van der Waals surface area contributed by atoms with Gasteiger partial charge in [-0.25, -0.2) is 0 Å². The van der Waals surface area contributed by atoms with Gasteiger partial charge in [0.05, 0.1) is 6.61 Å². The molecule has 2 rings (SSSR count). The zero-order valence-corrected chi connectivity index (χ0v) is 10.8. The van der Waals surface area contributed by atoms with Crippen molar-refractivity contribution >= 4 is 0 Å². The Bertz CT molecular complexity index is 462. The SMILES string of the molecule is C[CH]Cc1cccc(OCCc2ccccc2)c1. The van der Waals surface area contributed by atoms with E-state index in [0.29, 0.717) is 0 Å². The highest BCUT2D eigenvalue weighted by molar-refractivity contribution is 5.29. The van der Waals surface area contributed by atoms with Crippen molar-refractivity contribution in [2.24, 2.45) is 0 Å². The van der Waals surface area contributed by atoms with Gasteiger partial charge in [0, 0.05) is 6.42 Å². The lowest BCUT2D eigenvalue weighted by Crippen LogP contribution is -2.01. The Morgan fingerprint density at radius 2 is 1.72 bits per heavy atom. The molecule has 93 valence electrons. The highest BCUT2D eigenvalue weighted by Gasteiger charge is 1.97. The Labute approximate surface area is 109 Å². The fraction of sp³-hybridized carbons (Fsp3) is 0.235. The highest BCUT2D eigenvalue weighted by Crippen LogP contribution is 2.14. The molecule has 0 heterocycles. The Morgan fingerprint density at radius 1 is 0.944 bits per heavy atom. The van der Waals surface area contributed by atoms with Crippen LogP contribution in [0.25, 0.3) is 0 Å². The smallest absolute Gasteiger partial charge is 0.119 e. The summed E-state index contributed by atoms with van der Waals surface area (Å²) in [4.78, 5) is 0. The van der Waals surface area contributed by atoms with Gasteiger partial charge in [-0.3, -0.25) is 0 Å². The van der Waals surface area contributed by atoms with Crippen LogP contribution < -0.4 is 4.74 Å². The Kier molecular flexibility index (Phi) is 4.83. The summed E-state index contributed by atoms with van der Waals surface area (Å²) in [5.41, 5.74) is 2.62. The first-order chi connectivity index (χ1) is 8.88. The van der Waals surface area contributed by atoms with E-state index in [2.05, 4.69) is 55.8 Å². The number of hydrogen-bond donors (Lipinski definition) is 0. The van der Waals surface area contributed by atoms with E-state index in [1.54, 1.807) is 0 Å². The van der Waals surface area contributed by atoms with E-state index in [0.717, 1.165) is 25.2 Å². The van der Waals surface area contributed by atoms with E-state index in [4.69, 9.17) is 4.74 Å². The molecule has 0 bridgehead atoms. The first-order valence-electron chi connectivity index (χ1n) is 6.42. The molecule has 1 nitrogen and oxygen atoms in total. The van der Waals surface area contributed by atoms with Crippen molar-refractivity contribution < 1.29 is 4.74 Å². The summed E-state index contributed by atoms with van der Waals surface area (Å²) in [6, 6.07) is 18.7. The maximum Gasteiger partial charge on any atom is 0.119 e. The fourth-order valence-corrected chi connectivity index (χ4v) is 1.93. The third-order valence-corrected chi connectivity index (χ3v) is 2.84. The number of hydrogen-bond acceptors (Lipinski definition) is 1. The summed E-state index contributed by atoms with van der Waals surface area (Å²) >= 11 is 0. The maximum absolute atomic E-state index is 5.78. The van der Waals surface area contributed by atoms with Gasteiger partial charge in [-0.2, -0.15) is 0 Å². The second-order valence-corrected chi connectivity index (χ2v) is 4.34. The Hall–Kier alpha value is -1.76. The van der Waals surface area contributed by atoms with Crippen LogP contribution in [0.15, 0.2) is 54.6 Å². The first kappa shape index (κ1) is 12.7. The molecule has 0 aliphatic carbocycles. The molecule has 0 saturated carbocycles. The predicted octanol–water partition coefficient (Wildman–Crippen LogP) is 4.07. The van der Waals surface area contributed by atoms with Crippen LogP contribution >= 0.6 is 0 Å². The molecule has 0 aromatic heterocycles. The van der Waals surface area contributed by atoms with E-state index in [1.807, 2.05) is 12.1 Å². The third-order valence-electron chi connectivity index (χ3n) is 2.84. The number of benzene rings is 2. The van der Waals surface area contributed by atoms with E-state index >= 15 is 0 Å². The van der Waals surface area contributed by atoms with Gasteiger partial charge in [0.1, 0.15) is 5.75 Å². The van der Waals surface area contributed by atoms with Crippen molar-refractivity contribution in [2.75, 3.05) is 6.61 Å². The molecule has 0 atom stereocenters. The monoisotopic (exact) mass is 239 g/mol. The van der Waals surface area contributed by atoms with Crippen LogP contribution in [0.5, 0.6) is 5.75 Å². The van der Waals surface area contributed by atoms with Gasteiger partial charge in [0.25, 0.3) is 0 Å². The first-order valence-corrected chi connectivity index (χ1v) is 6.42. The standard InChI is InChI=1S/C17H19O/c1-2-7-16-10-6-11-17(14-16)18-13-12-15-8-4-3-5-9-15/h2-6,8-11,14H,7,12-13H2,1H3. The second kappa shape index (κ2) is 6.85. The van der Waals surface area contributed by atoms with Gasteiger partial charge in [0.15, 0.2) is 0 Å². The second-order valence-electron chi connectivity index (χ2n) is 4.34. The molecule has 0 aliphatic rings. The lowest BCUT2D eigenvalue weighted by atomic mass is 10.1. The molecule has 1 radical (unpaired) electrons. The topological polar surface area (TPSA) is 9.23 Å². The molecule has 0 saturated heterocycles. The zero-order valence-electron chi connectivity index (χ0n) is 10.8. The summed E-state index contributed by atoms with van der Waals surface area (Å²) in [5.74, 6) is 0.963. The molecule has 2 aromatic carbocycles.